The molecule has 0 aromatic rings. The molecule has 0 aromatic carbocycles. The number of hydrogen-bond acceptors (Lipinski definition) is 0. The summed E-state index contributed by atoms with van der Waals surface area (Å²) in [7, 11) is 0. The third-order valence-electron chi connectivity index (χ3n) is 2.83. The maximum Gasteiger partial charge on any atom is -0.0162 e. The van der Waals surface area contributed by atoms with Gasteiger partial charge in [0, 0.05) is 0 Å². The van der Waals surface area contributed by atoms with Crippen LogP contribution in [0.15, 0.2) is 6.58 Å². The third-order valence-corrected chi connectivity index (χ3v) is 2.83. The van der Waals surface area contributed by atoms with Crippen LogP contribution in [0.2, 0.25) is 0 Å². The van der Waals surface area contributed by atoms with Crippen LogP contribution in [0.25, 0.3) is 0 Å². The van der Waals surface area contributed by atoms with E-state index in [0.29, 0.717) is 0 Å². The second-order valence-corrected chi connectivity index (χ2v) is 3.47. The first-order chi connectivity index (χ1) is 4.40. The molecule has 1 radical (unpaired) electrons. The molecule has 2 fully saturated rings. The van der Waals surface area contributed by atoms with E-state index in [1.54, 1.807) is 0 Å². The molecular weight excluding hydrogens is 108 g/mol. The molecular formula is C9H13. The Hall–Kier alpha value is -0.260. The fourth-order valence-corrected chi connectivity index (χ4v) is 2.04. The zero-order valence-electron chi connectivity index (χ0n) is 5.77. The van der Waals surface area contributed by atoms with Gasteiger partial charge in [-0.25, -0.2) is 0 Å². The highest BCUT2D eigenvalue weighted by molar-refractivity contribution is 4.94. The molecule has 0 bridgehead atoms. The van der Waals surface area contributed by atoms with E-state index in [1.807, 2.05) is 0 Å². The zero-order chi connectivity index (χ0) is 6.27. The van der Waals surface area contributed by atoms with Crippen LogP contribution in [-0.2, 0) is 0 Å². The van der Waals surface area contributed by atoms with Crippen LogP contribution >= 0.6 is 0 Å². The van der Waals surface area contributed by atoms with E-state index in [1.165, 1.54) is 25.7 Å². The Balaban J connectivity index is 1.93. The number of allylic oxidation sites excluding steroid dienone is 1. The fourth-order valence-electron chi connectivity index (χ4n) is 2.04. The minimum Gasteiger partial charge on any atom is -0.0953 e. The van der Waals surface area contributed by atoms with Gasteiger partial charge in [-0.1, -0.05) is 6.58 Å². The summed E-state index contributed by atoms with van der Waals surface area (Å²) in [5.74, 6) is 2.95. The van der Waals surface area contributed by atoms with Gasteiger partial charge < -0.3 is 0 Å². The Morgan fingerprint density at radius 2 is 2.00 bits per heavy atom. The lowest BCUT2D eigenvalue weighted by atomic mass is 9.90. The molecule has 9 heavy (non-hydrogen) atoms. The van der Waals surface area contributed by atoms with Gasteiger partial charge in [0.05, 0.1) is 0 Å². The molecule has 0 spiro atoms. The van der Waals surface area contributed by atoms with E-state index < -0.39 is 0 Å². The van der Waals surface area contributed by atoms with Crippen molar-refractivity contribution >= 4 is 0 Å². The Bertz CT molecular complexity index is 126. The van der Waals surface area contributed by atoms with Crippen LogP contribution in [0, 0.1) is 23.8 Å². The van der Waals surface area contributed by atoms with E-state index in [-0.39, 0.29) is 0 Å². The molecule has 2 aliphatic carbocycles. The third kappa shape index (κ3) is 0.910. The predicted octanol–water partition coefficient (Wildman–Crippen LogP) is 2.41. The minimum atomic E-state index is 0.744. The van der Waals surface area contributed by atoms with E-state index in [9.17, 15) is 0 Å². The van der Waals surface area contributed by atoms with Gasteiger partial charge in [-0.15, -0.1) is 0 Å². The van der Waals surface area contributed by atoms with Crippen molar-refractivity contribution in [3.8, 4) is 0 Å². The summed E-state index contributed by atoms with van der Waals surface area (Å²) in [4.78, 5) is 0. The van der Waals surface area contributed by atoms with Crippen molar-refractivity contribution in [2.45, 2.75) is 25.7 Å². The lowest BCUT2D eigenvalue weighted by Gasteiger charge is -2.15. The van der Waals surface area contributed by atoms with E-state index >= 15 is 0 Å². The molecule has 0 heterocycles. The summed E-state index contributed by atoms with van der Waals surface area (Å²) < 4.78 is 0. The van der Waals surface area contributed by atoms with Crippen LogP contribution in [0.5, 0.6) is 0 Å². The fraction of sp³-hybridized carbons (Fsp3) is 0.778. The van der Waals surface area contributed by atoms with Crippen LogP contribution in [0.1, 0.15) is 25.7 Å². The summed E-state index contributed by atoms with van der Waals surface area (Å²) >= 11 is 0. The lowest BCUT2D eigenvalue weighted by molar-refractivity contribution is 0.393. The maximum absolute atomic E-state index is 3.71. The molecule has 0 saturated heterocycles. The van der Waals surface area contributed by atoms with Gasteiger partial charge in [-0.05, 0) is 49.5 Å². The van der Waals surface area contributed by atoms with Gasteiger partial charge in [-0.2, -0.15) is 0 Å². The first kappa shape index (κ1) is 5.52. The van der Waals surface area contributed by atoms with Gasteiger partial charge >= 0.3 is 0 Å². The number of fused-ring (bicyclic) bond motifs is 1. The highest BCUT2D eigenvalue weighted by Crippen LogP contribution is 2.51. The van der Waals surface area contributed by atoms with E-state index in [0.717, 1.165) is 17.8 Å². The summed E-state index contributed by atoms with van der Waals surface area (Å²) in [6.45, 7) is 3.71. The highest BCUT2D eigenvalue weighted by Gasteiger charge is 2.41. The molecule has 0 nitrogen and oxygen atoms in total. The zero-order valence-corrected chi connectivity index (χ0v) is 5.77. The van der Waals surface area contributed by atoms with Crippen molar-refractivity contribution in [1.82, 2.24) is 0 Å². The van der Waals surface area contributed by atoms with Crippen molar-refractivity contribution < 1.29 is 0 Å². The number of hydrogen-bond donors (Lipinski definition) is 0. The van der Waals surface area contributed by atoms with Crippen molar-refractivity contribution in [3.05, 3.63) is 12.7 Å². The average Bonchev–Trinajstić information content (AvgIpc) is 2.64. The molecule has 0 heteroatoms. The van der Waals surface area contributed by atoms with Gasteiger partial charge in [0.1, 0.15) is 0 Å². The highest BCUT2D eigenvalue weighted by atomic mass is 14.5. The summed E-state index contributed by atoms with van der Waals surface area (Å²) in [5, 5.41) is 0. The monoisotopic (exact) mass is 121 g/mol. The van der Waals surface area contributed by atoms with E-state index in [4.69, 9.17) is 0 Å². The summed E-state index contributed by atoms with van der Waals surface area (Å²) in [6, 6.07) is 0. The summed E-state index contributed by atoms with van der Waals surface area (Å²) in [6.07, 6.45) is 8.84. The number of rotatable bonds is 1. The second kappa shape index (κ2) is 1.86. The molecule has 2 saturated carbocycles. The van der Waals surface area contributed by atoms with Crippen molar-refractivity contribution in [2.24, 2.45) is 17.8 Å². The topological polar surface area (TPSA) is 0 Å². The van der Waals surface area contributed by atoms with Crippen molar-refractivity contribution in [2.75, 3.05) is 0 Å². The minimum absolute atomic E-state index is 0.744. The molecule has 0 amide bonds. The molecule has 2 rings (SSSR count). The molecule has 3 unspecified atom stereocenters. The predicted molar refractivity (Wildman–Crippen MR) is 37.8 cm³/mol. The quantitative estimate of drug-likeness (QED) is 0.499. The van der Waals surface area contributed by atoms with Gasteiger partial charge in [0.25, 0.3) is 0 Å². The van der Waals surface area contributed by atoms with Crippen LogP contribution in [0.4, 0.5) is 0 Å². The van der Waals surface area contributed by atoms with Crippen LogP contribution in [-0.4, -0.2) is 0 Å². The van der Waals surface area contributed by atoms with Crippen molar-refractivity contribution in [1.29, 1.82) is 0 Å². The maximum atomic E-state index is 3.71. The molecule has 3 atom stereocenters. The Kier molecular flexibility index (Phi) is 1.14. The molecule has 2 aliphatic rings. The SMILES string of the molecule is C=[C]C1CCC2CC2C1. The largest absolute Gasteiger partial charge is 0.0953 e. The van der Waals surface area contributed by atoms with Crippen LogP contribution < -0.4 is 0 Å². The molecule has 0 aromatic heterocycles. The van der Waals surface area contributed by atoms with Gasteiger partial charge in [-0.3, -0.25) is 0 Å². The molecule has 49 valence electrons. The van der Waals surface area contributed by atoms with Gasteiger partial charge in [0.15, 0.2) is 0 Å². The van der Waals surface area contributed by atoms with E-state index in [2.05, 4.69) is 12.7 Å². The normalized spacial score (nSPS) is 47.8. The second-order valence-electron chi connectivity index (χ2n) is 3.47. The molecule has 0 N–H and O–H groups in total. The Morgan fingerprint density at radius 3 is 2.67 bits per heavy atom. The molecule has 0 aliphatic heterocycles. The average molecular weight is 121 g/mol. The Morgan fingerprint density at radius 1 is 1.11 bits per heavy atom. The standard InChI is InChI=1S/C9H13/c1-2-7-3-4-8-6-9(8)5-7/h7-9H,1,3-6H2. The Labute approximate surface area is 57.0 Å². The first-order valence-electron chi connectivity index (χ1n) is 3.93. The first-order valence-corrected chi connectivity index (χ1v) is 3.93. The van der Waals surface area contributed by atoms with Crippen molar-refractivity contribution in [3.63, 3.8) is 0 Å². The van der Waals surface area contributed by atoms with Gasteiger partial charge in [0.2, 0.25) is 0 Å². The van der Waals surface area contributed by atoms with Crippen LogP contribution in [0.3, 0.4) is 0 Å². The lowest BCUT2D eigenvalue weighted by Crippen LogP contribution is -2.05. The smallest absolute Gasteiger partial charge is 0.0162 e. The summed E-state index contributed by atoms with van der Waals surface area (Å²) in [5.41, 5.74) is 0.